The molecule has 4 unspecified atom stereocenters. The van der Waals surface area contributed by atoms with E-state index in [0.717, 1.165) is 0 Å². The lowest BCUT2D eigenvalue weighted by Crippen LogP contribution is -2.37. The smallest absolute Gasteiger partial charge is 0.0796 e. The first-order chi connectivity index (χ1) is 18.1. The maximum absolute atomic E-state index is 5.84. The summed E-state index contributed by atoms with van der Waals surface area (Å²) in [4.78, 5) is 0. The topological polar surface area (TPSA) is 0 Å². The maximum Gasteiger partial charge on any atom is 0.269 e. The second-order valence-electron chi connectivity index (χ2n) is 10.8. The Morgan fingerprint density at radius 2 is 0.811 bits per heavy atom. The molecule has 2 aliphatic rings. The molecule has 0 nitrogen and oxygen atoms in total. The molecule has 0 amide bonds. The van der Waals surface area contributed by atoms with Crippen molar-refractivity contribution < 1.29 is 0 Å². The highest BCUT2D eigenvalue weighted by molar-refractivity contribution is 8.30. The van der Waals surface area contributed by atoms with E-state index >= 15 is 0 Å². The zero-order chi connectivity index (χ0) is 25.3. The lowest BCUT2D eigenvalue weighted by Gasteiger charge is -2.43. The highest BCUT2D eigenvalue weighted by Gasteiger charge is 2.75. The minimum Gasteiger partial charge on any atom is -0.0796 e. The average molecular weight is 559 g/mol. The van der Waals surface area contributed by atoms with Crippen molar-refractivity contribution in [3.63, 3.8) is 0 Å². The summed E-state index contributed by atoms with van der Waals surface area (Å²) in [6.07, 6.45) is 7.33. The third-order valence-electron chi connectivity index (χ3n) is 8.97. The van der Waals surface area contributed by atoms with Gasteiger partial charge in [0.05, 0.1) is 24.6 Å². The fourth-order valence-electron chi connectivity index (χ4n) is 7.02. The van der Waals surface area contributed by atoms with Crippen LogP contribution in [0.25, 0.3) is 0 Å². The van der Waals surface area contributed by atoms with Crippen molar-refractivity contribution in [3.8, 4) is 0 Å². The SMILES string of the molecule is SC(S)([P+]1(c2ccccc2)CCC(c2ccccc2)C1)[P+]1(c2ccccc2)CCC(c2ccccc2)C1. The minimum absolute atomic E-state index is 0.310. The summed E-state index contributed by atoms with van der Waals surface area (Å²) < 4.78 is -0.310. The van der Waals surface area contributed by atoms with Crippen LogP contribution in [0.5, 0.6) is 0 Å². The number of hydrogen-bond donors (Lipinski definition) is 2. The van der Waals surface area contributed by atoms with E-state index in [-0.39, 0.29) is 3.56 Å². The van der Waals surface area contributed by atoms with Crippen molar-refractivity contribution in [1.29, 1.82) is 0 Å². The first-order valence-electron chi connectivity index (χ1n) is 13.5. The van der Waals surface area contributed by atoms with Gasteiger partial charge in [0.2, 0.25) is 0 Å². The van der Waals surface area contributed by atoms with Gasteiger partial charge in [0.1, 0.15) is 25.1 Å². The first kappa shape index (κ1) is 25.7. The molecule has 0 saturated carbocycles. The summed E-state index contributed by atoms with van der Waals surface area (Å²) in [5, 5.41) is 3.05. The van der Waals surface area contributed by atoms with E-state index in [0.29, 0.717) is 11.8 Å². The summed E-state index contributed by atoms with van der Waals surface area (Å²) in [5.74, 6) is 1.16. The van der Waals surface area contributed by atoms with Gasteiger partial charge in [-0.3, -0.25) is 0 Å². The van der Waals surface area contributed by atoms with Crippen LogP contribution in [0.1, 0.15) is 35.8 Å². The Kier molecular flexibility index (Phi) is 7.32. The van der Waals surface area contributed by atoms with Crippen LogP contribution >= 0.6 is 39.8 Å². The lowest BCUT2D eigenvalue weighted by molar-refractivity contribution is 0.782. The predicted octanol–water partition coefficient (Wildman–Crippen LogP) is 8.52. The van der Waals surface area contributed by atoms with Crippen molar-refractivity contribution in [2.45, 2.75) is 28.2 Å². The molecule has 0 radical (unpaired) electrons. The number of benzene rings is 4. The van der Waals surface area contributed by atoms with Crippen molar-refractivity contribution in [2.75, 3.05) is 24.6 Å². The summed E-state index contributed by atoms with van der Waals surface area (Å²) in [6, 6.07) is 45.2. The molecule has 0 aliphatic carbocycles. The highest BCUT2D eigenvalue weighted by atomic mass is 32.2. The highest BCUT2D eigenvalue weighted by Crippen LogP contribution is 2.92. The largest absolute Gasteiger partial charge is 0.269 e. The van der Waals surface area contributed by atoms with Crippen LogP contribution in [0.3, 0.4) is 0 Å². The molecule has 2 fully saturated rings. The molecule has 188 valence electrons. The van der Waals surface area contributed by atoms with E-state index in [1.165, 1.54) is 59.2 Å². The monoisotopic (exact) mass is 558 g/mol. The quantitative estimate of drug-likeness (QED) is 0.132. The molecule has 4 heteroatoms. The van der Waals surface area contributed by atoms with Gasteiger partial charge in [-0.2, -0.15) is 0 Å². The minimum atomic E-state index is -1.74. The van der Waals surface area contributed by atoms with Crippen molar-refractivity contribution in [2.24, 2.45) is 0 Å². The van der Waals surface area contributed by atoms with E-state index in [4.69, 9.17) is 25.3 Å². The Morgan fingerprint density at radius 3 is 1.16 bits per heavy atom. The standard InChI is InChI=1S/C33H34P2S2/c36-33(37,34(31-17-9-3-10-18-31)23-21-29(25-34)27-13-5-1-6-14-27)35(32-19-11-4-12-20-32)24-22-30(26-35)28-15-7-2-8-16-28/h1-20,29-30H,21-26H2/p+2. The Bertz CT molecular complexity index is 1210. The Morgan fingerprint density at radius 1 is 0.486 bits per heavy atom. The van der Waals surface area contributed by atoms with Crippen LogP contribution in [0.2, 0.25) is 0 Å². The third-order valence-corrected chi connectivity index (χ3v) is 24.9. The molecular weight excluding hydrogens is 522 g/mol. The van der Waals surface area contributed by atoms with Gasteiger partial charge < -0.3 is 0 Å². The fraction of sp³-hybridized carbons (Fsp3) is 0.273. The third kappa shape index (κ3) is 4.43. The van der Waals surface area contributed by atoms with Crippen molar-refractivity contribution >= 4 is 50.4 Å². The van der Waals surface area contributed by atoms with Crippen LogP contribution in [-0.2, 0) is 0 Å². The van der Waals surface area contributed by atoms with Crippen molar-refractivity contribution in [3.05, 3.63) is 132 Å². The average Bonchev–Trinajstić information content (AvgIpc) is 3.63. The molecule has 2 heterocycles. The zero-order valence-electron chi connectivity index (χ0n) is 21.2. The first-order valence-corrected chi connectivity index (χ1v) is 18.7. The van der Waals surface area contributed by atoms with Gasteiger partial charge in [0.15, 0.2) is 0 Å². The summed E-state index contributed by atoms with van der Waals surface area (Å²) in [6.45, 7) is 0. The molecule has 0 bridgehead atoms. The Hall–Kier alpha value is -1.56. The van der Waals surface area contributed by atoms with Crippen molar-refractivity contribution in [1.82, 2.24) is 0 Å². The molecule has 4 atom stereocenters. The molecule has 2 aliphatic heterocycles. The molecule has 0 spiro atoms. The van der Waals surface area contributed by atoms with Crippen LogP contribution < -0.4 is 10.6 Å². The van der Waals surface area contributed by atoms with E-state index in [9.17, 15) is 0 Å². The molecular formula is C33H36P2S2+2. The van der Waals surface area contributed by atoms with E-state index in [1.54, 1.807) is 0 Å². The van der Waals surface area contributed by atoms with Crippen LogP contribution in [-0.4, -0.2) is 28.2 Å². The molecule has 0 aromatic heterocycles. The number of hydrogen-bond acceptors (Lipinski definition) is 2. The summed E-state index contributed by atoms with van der Waals surface area (Å²) >= 11 is 11.7. The van der Waals surface area contributed by atoms with Crippen LogP contribution in [0, 0.1) is 0 Å². The molecule has 0 N–H and O–H groups in total. The fourth-order valence-corrected chi connectivity index (χ4v) is 23.7. The van der Waals surface area contributed by atoms with E-state index in [2.05, 4.69) is 121 Å². The van der Waals surface area contributed by atoms with E-state index in [1.807, 2.05) is 0 Å². The van der Waals surface area contributed by atoms with Gasteiger partial charge in [-0.1, -0.05) is 122 Å². The second kappa shape index (κ2) is 10.5. The van der Waals surface area contributed by atoms with Gasteiger partial charge in [-0.25, -0.2) is 0 Å². The van der Waals surface area contributed by atoms with E-state index < -0.39 is 14.5 Å². The predicted molar refractivity (Wildman–Crippen MR) is 174 cm³/mol. The van der Waals surface area contributed by atoms with Crippen LogP contribution in [0.15, 0.2) is 121 Å². The van der Waals surface area contributed by atoms with Gasteiger partial charge >= 0.3 is 0 Å². The van der Waals surface area contributed by atoms with Gasteiger partial charge in [0, 0.05) is 11.8 Å². The molecule has 6 rings (SSSR count). The Labute approximate surface area is 234 Å². The zero-order valence-corrected chi connectivity index (χ0v) is 24.8. The van der Waals surface area contributed by atoms with Gasteiger partial charge in [0.25, 0.3) is 3.56 Å². The molecule has 4 aromatic carbocycles. The maximum atomic E-state index is 5.84. The van der Waals surface area contributed by atoms with Gasteiger partial charge in [-0.05, 0) is 48.2 Å². The summed E-state index contributed by atoms with van der Waals surface area (Å²) in [7, 11) is -3.49. The molecule has 4 aromatic rings. The normalized spacial score (nSPS) is 27.8. The van der Waals surface area contributed by atoms with Crippen LogP contribution in [0.4, 0.5) is 0 Å². The summed E-state index contributed by atoms with van der Waals surface area (Å²) in [5.41, 5.74) is 2.97. The van der Waals surface area contributed by atoms with Gasteiger partial charge in [-0.15, -0.1) is 0 Å². The Balaban J connectivity index is 1.49. The lowest BCUT2D eigenvalue weighted by atomic mass is 9.99. The number of thiol groups is 2. The second-order valence-corrected chi connectivity index (χ2v) is 22.1. The molecule has 37 heavy (non-hydrogen) atoms. The number of rotatable bonds is 6. The molecule has 2 saturated heterocycles.